The third-order valence-electron chi connectivity index (χ3n) is 3.57. The quantitative estimate of drug-likeness (QED) is 0.698. The fraction of sp³-hybridized carbons (Fsp3) is 0.818. The van der Waals surface area contributed by atoms with E-state index in [0.717, 1.165) is 32.2 Å². The van der Waals surface area contributed by atoms with Crippen LogP contribution in [0, 0.1) is 0 Å². The Kier molecular flexibility index (Phi) is 3.63. The van der Waals surface area contributed by atoms with Crippen LogP contribution in [0.25, 0.3) is 0 Å². The second kappa shape index (κ2) is 5.01. The Morgan fingerprint density at radius 2 is 2.12 bits per heavy atom. The van der Waals surface area contributed by atoms with Crippen molar-refractivity contribution in [1.29, 1.82) is 0 Å². The van der Waals surface area contributed by atoms with E-state index in [0.29, 0.717) is 6.42 Å². The molecule has 96 valence electrons. The summed E-state index contributed by atoms with van der Waals surface area (Å²) in [7, 11) is 0. The molecule has 0 unspecified atom stereocenters. The number of carbonyl (C=O) groups excluding carboxylic acids is 1. The van der Waals surface area contributed by atoms with Crippen LogP contribution in [0.1, 0.15) is 32.1 Å². The number of nitrogens with zero attached hydrogens (tertiary/aromatic N) is 2. The predicted octanol–water partition coefficient (Wildman–Crippen LogP) is -0.210. The molecule has 0 aromatic rings. The van der Waals surface area contributed by atoms with Crippen LogP contribution in [0.15, 0.2) is 0 Å². The standard InChI is InChI=1S/C11H19N3O3/c12-9-5-4-8-3-1-2-6-13(8)14(11(9)17)7-10(15)16/h8-9H,1-7,12H2,(H,15,16)/t8-,9-/m0/s1. The average molecular weight is 241 g/mol. The Hall–Kier alpha value is -1.14. The number of nitrogens with two attached hydrogens (primary N) is 1. The van der Waals surface area contributed by atoms with Crippen molar-refractivity contribution in [2.75, 3.05) is 13.1 Å². The van der Waals surface area contributed by atoms with Crippen molar-refractivity contribution < 1.29 is 14.7 Å². The lowest BCUT2D eigenvalue weighted by atomic mass is 9.99. The summed E-state index contributed by atoms with van der Waals surface area (Å²) in [4.78, 5) is 22.9. The molecule has 1 amide bonds. The zero-order valence-electron chi connectivity index (χ0n) is 9.84. The number of carbonyl (C=O) groups is 2. The molecule has 2 atom stereocenters. The van der Waals surface area contributed by atoms with E-state index in [1.165, 1.54) is 5.01 Å². The van der Waals surface area contributed by atoms with E-state index in [1.807, 2.05) is 5.01 Å². The number of fused-ring (bicyclic) bond motifs is 1. The number of hydrogen-bond acceptors (Lipinski definition) is 4. The first-order chi connectivity index (χ1) is 8.09. The van der Waals surface area contributed by atoms with Gasteiger partial charge in [0.25, 0.3) is 5.91 Å². The summed E-state index contributed by atoms with van der Waals surface area (Å²) < 4.78 is 0. The number of hydrazine groups is 1. The van der Waals surface area contributed by atoms with Gasteiger partial charge < -0.3 is 10.8 Å². The monoisotopic (exact) mass is 241 g/mol. The zero-order chi connectivity index (χ0) is 12.4. The first kappa shape index (κ1) is 12.3. The highest BCUT2D eigenvalue weighted by Crippen LogP contribution is 2.26. The number of hydrogen-bond donors (Lipinski definition) is 2. The first-order valence-corrected chi connectivity index (χ1v) is 6.15. The largest absolute Gasteiger partial charge is 0.480 e. The van der Waals surface area contributed by atoms with E-state index >= 15 is 0 Å². The molecule has 2 saturated heterocycles. The van der Waals surface area contributed by atoms with Crippen molar-refractivity contribution >= 4 is 11.9 Å². The van der Waals surface area contributed by atoms with Gasteiger partial charge in [0.05, 0.1) is 6.04 Å². The first-order valence-electron chi connectivity index (χ1n) is 6.15. The Balaban J connectivity index is 2.20. The van der Waals surface area contributed by atoms with Crippen LogP contribution in [0.2, 0.25) is 0 Å². The van der Waals surface area contributed by atoms with Crippen LogP contribution in [0.5, 0.6) is 0 Å². The highest BCUT2D eigenvalue weighted by Gasteiger charge is 2.37. The number of rotatable bonds is 2. The number of carboxylic acid groups (broad SMARTS) is 1. The molecule has 6 nitrogen and oxygen atoms in total. The van der Waals surface area contributed by atoms with Gasteiger partial charge in [-0.2, -0.15) is 0 Å². The topological polar surface area (TPSA) is 86.9 Å². The highest BCUT2D eigenvalue weighted by atomic mass is 16.4. The van der Waals surface area contributed by atoms with Crippen LogP contribution in [0.3, 0.4) is 0 Å². The summed E-state index contributed by atoms with van der Waals surface area (Å²) in [5.74, 6) is -1.24. The molecule has 6 heteroatoms. The lowest BCUT2D eigenvalue weighted by Gasteiger charge is -2.40. The molecular formula is C11H19N3O3. The predicted molar refractivity (Wildman–Crippen MR) is 60.9 cm³/mol. The lowest BCUT2D eigenvalue weighted by Crippen LogP contribution is -2.56. The minimum absolute atomic E-state index is 0.253. The number of carboxylic acids is 1. The summed E-state index contributed by atoms with van der Waals surface area (Å²) in [5.41, 5.74) is 5.79. The van der Waals surface area contributed by atoms with Gasteiger partial charge in [0.1, 0.15) is 6.54 Å². The molecular weight excluding hydrogens is 222 g/mol. The smallest absolute Gasteiger partial charge is 0.324 e. The molecule has 2 aliphatic rings. The molecule has 0 aromatic carbocycles. The van der Waals surface area contributed by atoms with Gasteiger partial charge in [-0.1, -0.05) is 6.42 Å². The van der Waals surface area contributed by atoms with E-state index in [-0.39, 0.29) is 18.5 Å². The minimum Gasteiger partial charge on any atom is -0.480 e. The average Bonchev–Trinajstić information content (AvgIpc) is 2.42. The van der Waals surface area contributed by atoms with Crippen molar-refractivity contribution in [3.63, 3.8) is 0 Å². The molecule has 0 aliphatic carbocycles. The van der Waals surface area contributed by atoms with E-state index in [4.69, 9.17) is 10.8 Å². The Morgan fingerprint density at radius 1 is 1.35 bits per heavy atom. The molecule has 0 spiro atoms. The van der Waals surface area contributed by atoms with Gasteiger partial charge >= 0.3 is 5.97 Å². The van der Waals surface area contributed by atoms with Crippen molar-refractivity contribution in [1.82, 2.24) is 10.0 Å². The molecule has 2 fully saturated rings. The molecule has 0 radical (unpaired) electrons. The Labute approximate surface area is 100 Å². The lowest BCUT2D eigenvalue weighted by molar-refractivity contribution is -0.164. The second-order valence-electron chi connectivity index (χ2n) is 4.79. The van der Waals surface area contributed by atoms with E-state index < -0.39 is 12.0 Å². The van der Waals surface area contributed by atoms with Gasteiger partial charge in [-0.05, 0) is 25.7 Å². The highest BCUT2D eigenvalue weighted by molar-refractivity contribution is 5.85. The summed E-state index contributed by atoms with van der Waals surface area (Å²) in [5, 5.41) is 12.2. The van der Waals surface area contributed by atoms with Gasteiger partial charge in [-0.3, -0.25) is 14.6 Å². The number of piperidine rings is 1. The number of amides is 1. The van der Waals surface area contributed by atoms with E-state index in [2.05, 4.69) is 0 Å². The van der Waals surface area contributed by atoms with Crippen LogP contribution in [0.4, 0.5) is 0 Å². The van der Waals surface area contributed by atoms with Gasteiger partial charge in [0.2, 0.25) is 0 Å². The van der Waals surface area contributed by atoms with Crippen LogP contribution >= 0.6 is 0 Å². The minimum atomic E-state index is -0.989. The van der Waals surface area contributed by atoms with Gasteiger partial charge in [0, 0.05) is 12.6 Å². The van der Waals surface area contributed by atoms with Gasteiger partial charge in [-0.25, -0.2) is 5.01 Å². The molecule has 0 saturated carbocycles. The maximum atomic E-state index is 12.0. The molecule has 17 heavy (non-hydrogen) atoms. The summed E-state index contributed by atoms with van der Waals surface area (Å²) in [6, 6.07) is -0.277. The van der Waals surface area contributed by atoms with Crippen molar-refractivity contribution in [2.45, 2.75) is 44.2 Å². The van der Waals surface area contributed by atoms with Crippen molar-refractivity contribution in [3.05, 3.63) is 0 Å². The Morgan fingerprint density at radius 3 is 2.82 bits per heavy atom. The summed E-state index contributed by atoms with van der Waals surface area (Å²) in [6.45, 7) is 0.486. The van der Waals surface area contributed by atoms with Crippen LogP contribution in [-0.4, -0.2) is 52.2 Å². The summed E-state index contributed by atoms with van der Waals surface area (Å²) >= 11 is 0. The molecule has 3 N–H and O–H groups in total. The zero-order valence-corrected chi connectivity index (χ0v) is 9.84. The third-order valence-corrected chi connectivity index (χ3v) is 3.57. The SMILES string of the molecule is N[C@H]1CC[C@@H]2CCCCN2N(CC(=O)O)C1=O. The summed E-state index contributed by atoms with van der Waals surface area (Å²) in [6.07, 6.45) is 4.70. The van der Waals surface area contributed by atoms with Gasteiger partial charge in [0.15, 0.2) is 0 Å². The maximum absolute atomic E-state index is 12.0. The van der Waals surface area contributed by atoms with Crippen molar-refractivity contribution in [2.24, 2.45) is 5.73 Å². The van der Waals surface area contributed by atoms with E-state index in [1.54, 1.807) is 0 Å². The molecule has 0 aromatic heterocycles. The van der Waals surface area contributed by atoms with Crippen LogP contribution in [-0.2, 0) is 9.59 Å². The van der Waals surface area contributed by atoms with Crippen molar-refractivity contribution in [3.8, 4) is 0 Å². The molecule has 0 bridgehead atoms. The molecule has 2 rings (SSSR count). The molecule has 2 heterocycles. The fourth-order valence-electron chi connectivity index (χ4n) is 2.71. The third kappa shape index (κ3) is 2.58. The van der Waals surface area contributed by atoms with Gasteiger partial charge in [-0.15, -0.1) is 0 Å². The van der Waals surface area contributed by atoms with Crippen LogP contribution < -0.4 is 5.73 Å². The second-order valence-corrected chi connectivity index (χ2v) is 4.79. The maximum Gasteiger partial charge on any atom is 0.324 e. The normalized spacial score (nSPS) is 30.9. The number of aliphatic carboxylic acids is 1. The van der Waals surface area contributed by atoms with E-state index in [9.17, 15) is 9.59 Å². The molecule has 2 aliphatic heterocycles. The fourth-order valence-corrected chi connectivity index (χ4v) is 2.71. The Bertz CT molecular complexity index is 321.